The molecule has 0 radical (unpaired) electrons. The molecular weight excluding hydrogens is 290 g/mol. The van der Waals surface area contributed by atoms with Gasteiger partial charge in [-0.2, -0.15) is 0 Å². The van der Waals surface area contributed by atoms with Crippen molar-refractivity contribution in [3.05, 3.63) is 60.2 Å². The first-order valence-corrected chi connectivity index (χ1v) is 7.90. The highest BCUT2D eigenvalue weighted by molar-refractivity contribution is 5.63. The van der Waals surface area contributed by atoms with Crippen LogP contribution in [0.2, 0.25) is 0 Å². The van der Waals surface area contributed by atoms with Gasteiger partial charge < -0.3 is 14.4 Å². The number of anilines is 1. The summed E-state index contributed by atoms with van der Waals surface area (Å²) in [5.41, 5.74) is 2.43. The van der Waals surface area contributed by atoms with E-state index in [-0.39, 0.29) is 0 Å². The zero-order valence-electron chi connectivity index (χ0n) is 13.7. The predicted octanol–water partition coefficient (Wildman–Crippen LogP) is 4.43. The molecule has 0 amide bonds. The van der Waals surface area contributed by atoms with Crippen LogP contribution in [0.3, 0.4) is 0 Å². The third-order valence-corrected chi connectivity index (χ3v) is 3.49. The normalized spacial score (nSPS) is 10.2. The van der Waals surface area contributed by atoms with Crippen molar-refractivity contribution < 1.29 is 14.3 Å². The SMILES string of the molecule is CCN(CCCOC(=O)Oc1ccccc1)c1cccc(C)c1. The van der Waals surface area contributed by atoms with E-state index in [2.05, 4.69) is 43.0 Å². The minimum Gasteiger partial charge on any atom is -0.434 e. The summed E-state index contributed by atoms with van der Waals surface area (Å²) in [7, 11) is 0. The molecule has 0 unspecified atom stereocenters. The number of rotatable bonds is 7. The Morgan fingerprint density at radius 1 is 1.09 bits per heavy atom. The maximum atomic E-state index is 11.6. The number of para-hydroxylation sites is 1. The van der Waals surface area contributed by atoms with Gasteiger partial charge in [0.2, 0.25) is 0 Å². The lowest BCUT2D eigenvalue weighted by Crippen LogP contribution is -2.25. The Bertz CT molecular complexity index is 613. The van der Waals surface area contributed by atoms with Crippen LogP contribution >= 0.6 is 0 Å². The van der Waals surface area contributed by atoms with Gasteiger partial charge in [-0.1, -0.05) is 30.3 Å². The Morgan fingerprint density at radius 3 is 2.57 bits per heavy atom. The highest BCUT2D eigenvalue weighted by Gasteiger charge is 2.07. The van der Waals surface area contributed by atoms with Crippen LogP contribution in [0.1, 0.15) is 18.9 Å². The molecule has 0 aliphatic carbocycles. The lowest BCUT2D eigenvalue weighted by atomic mass is 10.2. The van der Waals surface area contributed by atoms with E-state index in [1.807, 2.05) is 18.2 Å². The molecule has 0 atom stereocenters. The van der Waals surface area contributed by atoms with Crippen LogP contribution < -0.4 is 9.64 Å². The van der Waals surface area contributed by atoms with Gasteiger partial charge in [-0.25, -0.2) is 4.79 Å². The second kappa shape index (κ2) is 8.83. The quantitative estimate of drug-likeness (QED) is 0.431. The molecular formula is C19H23NO3. The highest BCUT2D eigenvalue weighted by Crippen LogP contribution is 2.16. The zero-order valence-corrected chi connectivity index (χ0v) is 13.7. The number of carbonyl (C=O) groups excluding carboxylic acids is 1. The van der Waals surface area contributed by atoms with E-state index in [0.29, 0.717) is 12.4 Å². The van der Waals surface area contributed by atoms with Gasteiger partial charge >= 0.3 is 6.16 Å². The number of benzene rings is 2. The minimum atomic E-state index is -0.658. The fraction of sp³-hybridized carbons (Fsp3) is 0.316. The summed E-state index contributed by atoms with van der Waals surface area (Å²) in [6.07, 6.45) is 0.0980. The van der Waals surface area contributed by atoms with Gasteiger partial charge in [-0.05, 0) is 50.1 Å². The zero-order chi connectivity index (χ0) is 16.5. The number of ether oxygens (including phenoxy) is 2. The number of nitrogens with zero attached hydrogens (tertiary/aromatic N) is 1. The van der Waals surface area contributed by atoms with E-state index < -0.39 is 6.16 Å². The van der Waals surface area contributed by atoms with Crippen molar-refractivity contribution in [2.24, 2.45) is 0 Å². The standard InChI is InChI=1S/C19H23NO3/c1-3-20(17-10-7-9-16(2)15-17)13-8-14-22-19(21)23-18-11-5-4-6-12-18/h4-7,9-12,15H,3,8,13-14H2,1-2H3. The van der Waals surface area contributed by atoms with Gasteiger partial charge in [0.15, 0.2) is 0 Å². The summed E-state index contributed by atoms with van der Waals surface area (Å²) >= 11 is 0. The largest absolute Gasteiger partial charge is 0.513 e. The van der Waals surface area contributed by atoms with E-state index in [0.717, 1.165) is 19.5 Å². The van der Waals surface area contributed by atoms with Crippen LogP contribution in [-0.4, -0.2) is 25.9 Å². The molecule has 0 N–H and O–H groups in total. The Morgan fingerprint density at radius 2 is 1.87 bits per heavy atom. The first-order chi connectivity index (χ1) is 11.2. The lowest BCUT2D eigenvalue weighted by Gasteiger charge is -2.23. The van der Waals surface area contributed by atoms with E-state index in [1.54, 1.807) is 12.1 Å². The van der Waals surface area contributed by atoms with Crippen LogP contribution in [0.4, 0.5) is 10.5 Å². The van der Waals surface area contributed by atoms with Gasteiger partial charge in [0, 0.05) is 18.8 Å². The topological polar surface area (TPSA) is 38.8 Å². The molecule has 0 aromatic heterocycles. The van der Waals surface area contributed by atoms with Crippen LogP contribution in [0.25, 0.3) is 0 Å². The molecule has 23 heavy (non-hydrogen) atoms. The Labute approximate surface area is 137 Å². The van der Waals surface area contributed by atoms with E-state index in [4.69, 9.17) is 9.47 Å². The van der Waals surface area contributed by atoms with Crippen molar-refractivity contribution in [2.75, 3.05) is 24.6 Å². The van der Waals surface area contributed by atoms with E-state index in [9.17, 15) is 4.79 Å². The molecule has 0 saturated carbocycles. The maximum Gasteiger partial charge on any atom is 0.513 e. The van der Waals surface area contributed by atoms with Crippen molar-refractivity contribution in [1.82, 2.24) is 0 Å². The van der Waals surface area contributed by atoms with Crippen LogP contribution in [0.15, 0.2) is 54.6 Å². The number of hydrogen-bond acceptors (Lipinski definition) is 4. The first-order valence-electron chi connectivity index (χ1n) is 7.90. The number of carbonyl (C=O) groups is 1. The third-order valence-electron chi connectivity index (χ3n) is 3.49. The molecule has 0 bridgehead atoms. The molecule has 2 rings (SSSR count). The van der Waals surface area contributed by atoms with Crippen molar-refractivity contribution in [3.63, 3.8) is 0 Å². The first kappa shape index (κ1) is 16.9. The van der Waals surface area contributed by atoms with Crippen LogP contribution in [0, 0.1) is 6.92 Å². The summed E-state index contributed by atoms with van der Waals surface area (Å²) in [6, 6.07) is 17.3. The molecule has 122 valence electrons. The van der Waals surface area contributed by atoms with Crippen molar-refractivity contribution in [1.29, 1.82) is 0 Å². The average molecular weight is 313 g/mol. The minimum absolute atomic E-state index is 0.341. The van der Waals surface area contributed by atoms with E-state index >= 15 is 0 Å². The molecule has 0 aliphatic heterocycles. The molecule has 0 fully saturated rings. The fourth-order valence-electron chi connectivity index (χ4n) is 2.32. The molecule has 2 aromatic carbocycles. The Hall–Kier alpha value is -2.49. The molecule has 0 heterocycles. The third kappa shape index (κ3) is 5.66. The highest BCUT2D eigenvalue weighted by atomic mass is 16.7. The van der Waals surface area contributed by atoms with Crippen LogP contribution in [0.5, 0.6) is 5.75 Å². The number of hydrogen-bond donors (Lipinski definition) is 0. The molecule has 0 aliphatic rings. The average Bonchev–Trinajstić information content (AvgIpc) is 2.56. The molecule has 4 nitrogen and oxygen atoms in total. The molecule has 4 heteroatoms. The van der Waals surface area contributed by atoms with Crippen molar-refractivity contribution >= 4 is 11.8 Å². The van der Waals surface area contributed by atoms with Crippen molar-refractivity contribution in [3.8, 4) is 5.75 Å². The summed E-state index contributed by atoms with van der Waals surface area (Å²) in [6.45, 7) is 6.29. The smallest absolute Gasteiger partial charge is 0.434 e. The monoisotopic (exact) mass is 313 g/mol. The van der Waals surface area contributed by atoms with Gasteiger partial charge in [-0.15, -0.1) is 0 Å². The second-order valence-electron chi connectivity index (χ2n) is 5.29. The van der Waals surface area contributed by atoms with Crippen LogP contribution in [-0.2, 0) is 4.74 Å². The van der Waals surface area contributed by atoms with Gasteiger partial charge in [0.1, 0.15) is 5.75 Å². The van der Waals surface area contributed by atoms with Gasteiger partial charge in [0.25, 0.3) is 0 Å². The maximum absolute atomic E-state index is 11.6. The summed E-state index contributed by atoms with van der Waals surface area (Å²) < 4.78 is 10.2. The lowest BCUT2D eigenvalue weighted by molar-refractivity contribution is 0.0984. The Balaban J connectivity index is 1.72. The Kier molecular flexibility index (Phi) is 6.48. The molecule has 2 aromatic rings. The summed E-state index contributed by atoms with van der Waals surface area (Å²) in [5.74, 6) is 0.493. The molecule has 0 spiro atoms. The number of aryl methyl sites for hydroxylation is 1. The molecule has 0 saturated heterocycles. The second-order valence-corrected chi connectivity index (χ2v) is 5.29. The van der Waals surface area contributed by atoms with Crippen molar-refractivity contribution in [2.45, 2.75) is 20.3 Å². The summed E-state index contributed by atoms with van der Waals surface area (Å²) in [5, 5.41) is 0. The van der Waals surface area contributed by atoms with Gasteiger partial charge in [0.05, 0.1) is 6.61 Å². The summed E-state index contributed by atoms with van der Waals surface area (Å²) in [4.78, 5) is 13.8. The van der Waals surface area contributed by atoms with Gasteiger partial charge in [-0.3, -0.25) is 0 Å². The van der Waals surface area contributed by atoms with E-state index in [1.165, 1.54) is 11.3 Å². The fourth-order valence-corrected chi connectivity index (χ4v) is 2.32. The predicted molar refractivity (Wildman–Crippen MR) is 92.1 cm³/mol.